The lowest BCUT2D eigenvalue weighted by Crippen LogP contribution is -2.71. The molecule has 43 heavy (non-hydrogen) atoms. The van der Waals surface area contributed by atoms with E-state index < -0.39 is 17.7 Å². The molecule has 3 aromatic rings. The van der Waals surface area contributed by atoms with E-state index in [4.69, 9.17) is 9.51 Å². The smallest absolute Gasteiger partial charge is 0.387 e. The van der Waals surface area contributed by atoms with Crippen LogP contribution < -0.4 is 9.64 Å². The monoisotopic (exact) mass is 596 g/mol. The van der Waals surface area contributed by atoms with Gasteiger partial charge in [-0.3, -0.25) is 9.78 Å². The van der Waals surface area contributed by atoms with Crippen molar-refractivity contribution in [1.82, 2.24) is 25.1 Å². The van der Waals surface area contributed by atoms with Crippen molar-refractivity contribution in [2.45, 2.75) is 102 Å². The molecule has 6 saturated carbocycles. The largest absolute Gasteiger partial charge is 0.432 e. The highest BCUT2D eigenvalue weighted by Gasteiger charge is 2.73. The second-order valence-corrected chi connectivity index (χ2v) is 14.4. The third-order valence-electron chi connectivity index (χ3n) is 10.2. The standard InChI is InChI=1S/C31H35F3N6O3/c1-27(2,3)24-38-23(39-43-24)29-7-4-28(5-8-29,6-9-29)18-40(25(41)30-15-31(34,16-30)17-30)20-10-19(11-35-12-20)22-36-13-21(14-37-22)42-26(32)33/h10-14,26H,4-9,15-18H2,1-3H3. The second-order valence-electron chi connectivity index (χ2n) is 14.4. The molecule has 0 radical (unpaired) electrons. The maximum atomic E-state index is 14.5. The van der Waals surface area contributed by atoms with Gasteiger partial charge in [-0.25, -0.2) is 14.4 Å². The van der Waals surface area contributed by atoms with Crippen molar-refractivity contribution in [3.8, 4) is 17.1 Å². The number of hydrogen-bond donors (Lipinski definition) is 0. The zero-order valence-electron chi connectivity index (χ0n) is 24.6. The Balaban J connectivity index is 1.14. The molecule has 0 unspecified atom stereocenters. The van der Waals surface area contributed by atoms with Crippen LogP contribution in [0.2, 0.25) is 0 Å². The van der Waals surface area contributed by atoms with Gasteiger partial charge in [-0.15, -0.1) is 0 Å². The number of alkyl halides is 3. The summed E-state index contributed by atoms with van der Waals surface area (Å²) < 4.78 is 49.7. The van der Waals surface area contributed by atoms with Gasteiger partial charge in [0.1, 0.15) is 5.67 Å². The summed E-state index contributed by atoms with van der Waals surface area (Å²) in [6.45, 7) is 3.71. The minimum absolute atomic E-state index is 0.0580. The van der Waals surface area contributed by atoms with Crippen LogP contribution in [0.4, 0.5) is 18.9 Å². The van der Waals surface area contributed by atoms with E-state index in [1.807, 2.05) is 4.90 Å². The zero-order valence-corrected chi connectivity index (χ0v) is 24.6. The highest BCUT2D eigenvalue weighted by atomic mass is 19.3. The van der Waals surface area contributed by atoms with Gasteiger partial charge in [-0.05, 0) is 69.3 Å². The van der Waals surface area contributed by atoms with Gasteiger partial charge in [0.05, 0.1) is 29.7 Å². The van der Waals surface area contributed by atoms with Gasteiger partial charge in [-0.2, -0.15) is 13.8 Å². The lowest BCUT2D eigenvalue weighted by atomic mass is 9.41. The molecule has 0 N–H and O–H groups in total. The molecule has 6 aliphatic rings. The van der Waals surface area contributed by atoms with Crippen molar-refractivity contribution in [2.24, 2.45) is 10.8 Å². The van der Waals surface area contributed by atoms with Crippen LogP contribution in [0.1, 0.15) is 90.3 Å². The van der Waals surface area contributed by atoms with Crippen LogP contribution in [0.3, 0.4) is 0 Å². The number of fused-ring (bicyclic) bond motifs is 3. The molecule has 9 rings (SSSR count). The van der Waals surface area contributed by atoms with Gasteiger partial charge in [-0.1, -0.05) is 25.9 Å². The first-order valence-corrected chi connectivity index (χ1v) is 14.9. The number of rotatable bonds is 8. The van der Waals surface area contributed by atoms with Crippen LogP contribution in [0.5, 0.6) is 5.75 Å². The van der Waals surface area contributed by atoms with E-state index in [0.29, 0.717) is 23.7 Å². The molecule has 6 aliphatic carbocycles. The molecule has 12 heteroatoms. The summed E-state index contributed by atoms with van der Waals surface area (Å²) in [5.41, 5.74) is -1.15. The maximum Gasteiger partial charge on any atom is 0.387 e. The summed E-state index contributed by atoms with van der Waals surface area (Å²) >= 11 is 0. The Hall–Kier alpha value is -3.57. The molecule has 4 bridgehead atoms. The van der Waals surface area contributed by atoms with Gasteiger partial charge in [0, 0.05) is 29.1 Å². The normalized spacial score (nSPS) is 31.0. The molecule has 0 saturated heterocycles. The van der Waals surface area contributed by atoms with E-state index >= 15 is 0 Å². The number of halogens is 3. The maximum absolute atomic E-state index is 14.5. The Kier molecular flexibility index (Phi) is 6.21. The Morgan fingerprint density at radius 3 is 2.23 bits per heavy atom. The number of carbonyl (C=O) groups excluding carboxylic acids is 1. The topological polar surface area (TPSA) is 107 Å². The van der Waals surface area contributed by atoms with E-state index in [1.54, 1.807) is 18.5 Å². The number of pyridine rings is 1. The van der Waals surface area contributed by atoms with Crippen molar-refractivity contribution in [1.29, 1.82) is 0 Å². The van der Waals surface area contributed by atoms with Crippen molar-refractivity contribution in [2.75, 3.05) is 11.4 Å². The first-order valence-electron chi connectivity index (χ1n) is 14.9. The molecule has 3 heterocycles. The van der Waals surface area contributed by atoms with Crippen LogP contribution in [0, 0.1) is 10.8 Å². The first kappa shape index (κ1) is 28.2. The molecular formula is C31H35F3N6O3. The summed E-state index contributed by atoms with van der Waals surface area (Å²) in [4.78, 5) is 33.5. The highest BCUT2D eigenvalue weighted by Crippen LogP contribution is 2.70. The summed E-state index contributed by atoms with van der Waals surface area (Å²) in [6.07, 6.45) is 11.8. The lowest BCUT2D eigenvalue weighted by molar-refractivity contribution is -0.211. The third-order valence-corrected chi connectivity index (χ3v) is 10.2. The van der Waals surface area contributed by atoms with Crippen LogP contribution >= 0.6 is 0 Å². The second kappa shape index (κ2) is 9.46. The van der Waals surface area contributed by atoms with Gasteiger partial charge in [0.25, 0.3) is 0 Å². The zero-order chi connectivity index (χ0) is 30.3. The fourth-order valence-corrected chi connectivity index (χ4v) is 7.70. The molecule has 0 aromatic carbocycles. The molecule has 0 aliphatic heterocycles. The molecular weight excluding hydrogens is 561 g/mol. The molecule has 3 aromatic heterocycles. The summed E-state index contributed by atoms with van der Waals surface area (Å²) in [5.74, 6) is 1.50. The van der Waals surface area contributed by atoms with Crippen LogP contribution in [-0.4, -0.2) is 49.8 Å². The number of carbonyl (C=O) groups is 1. The van der Waals surface area contributed by atoms with Crippen molar-refractivity contribution in [3.05, 3.63) is 42.6 Å². The Morgan fingerprint density at radius 1 is 1.02 bits per heavy atom. The number of nitrogens with zero attached hydrogens (tertiary/aromatic N) is 6. The van der Waals surface area contributed by atoms with Crippen LogP contribution in [-0.2, 0) is 15.6 Å². The minimum atomic E-state index is -2.98. The molecule has 0 spiro atoms. The van der Waals surface area contributed by atoms with Gasteiger partial charge >= 0.3 is 6.61 Å². The third kappa shape index (κ3) is 4.77. The first-order chi connectivity index (χ1) is 20.3. The van der Waals surface area contributed by atoms with E-state index in [9.17, 15) is 18.0 Å². The number of ether oxygens (including phenoxy) is 1. The average Bonchev–Trinajstić information content (AvgIpc) is 3.47. The molecule has 9 nitrogen and oxygen atoms in total. The van der Waals surface area contributed by atoms with E-state index in [2.05, 4.69) is 45.6 Å². The summed E-state index contributed by atoms with van der Waals surface area (Å²) in [7, 11) is 0. The average molecular weight is 597 g/mol. The number of amides is 1. The fourth-order valence-electron chi connectivity index (χ4n) is 7.70. The van der Waals surface area contributed by atoms with Gasteiger partial charge < -0.3 is 14.2 Å². The van der Waals surface area contributed by atoms with E-state index in [1.165, 1.54) is 12.4 Å². The van der Waals surface area contributed by atoms with Crippen molar-refractivity contribution < 1.29 is 27.2 Å². The van der Waals surface area contributed by atoms with Crippen molar-refractivity contribution >= 4 is 11.6 Å². The number of anilines is 1. The summed E-state index contributed by atoms with van der Waals surface area (Å²) in [6, 6.07) is 1.80. The molecule has 6 fully saturated rings. The number of aromatic nitrogens is 5. The molecule has 1 amide bonds. The van der Waals surface area contributed by atoms with Gasteiger partial charge in [0.2, 0.25) is 11.8 Å². The summed E-state index contributed by atoms with van der Waals surface area (Å²) in [5, 5.41) is 4.40. The van der Waals surface area contributed by atoms with Crippen LogP contribution in [0.15, 0.2) is 35.4 Å². The van der Waals surface area contributed by atoms with Crippen LogP contribution in [0.25, 0.3) is 11.4 Å². The molecule has 0 atom stereocenters. The Morgan fingerprint density at radius 2 is 1.67 bits per heavy atom. The Labute approximate surface area is 247 Å². The van der Waals surface area contributed by atoms with Crippen molar-refractivity contribution in [3.63, 3.8) is 0 Å². The predicted molar refractivity (Wildman–Crippen MR) is 149 cm³/mol. The fraction of sp³-hybridized carbons (Fsp3) is 0.613. The minimum Gasteiger partial charge on any atom is -0.432 e. The predicted octanol–water partition coefficient (Wildman–Crippen LogP) is 6.34. The number of hydrogen-bond acceptors (Lipinski definition) is 8. The Bertz CT molecular complexity index is 1510. The SMILES string of the molecule is CC(C)(C)c1nc(C23CCC(CN(C(=O)C45CC(F)(C4)C5)c4cncc(-c5ncc(OC(F)F)cn5)c4)(CC2)CC3)no1. The van der Waals surface area contributed by atoms with E-state index in [0.717, 1.165) is 44.3 Å². The quantitative estimate of drug-likeness (QED) is 0.297. The highest BCUT2D eigenvalue weighted by molar-refractivity contribution is 6.00. The lowest BCUT2D eigenvalue weighted by Gasteiger charge is -2.65. The van der Waals surface area contributed by atoms with Gasteiger partial charge in [0.15, 0.2) is 17.4 Å². The molecule has 228 valence electrons. The van der Waals surface area contributed by atoms with E-state index in [-0.39, 0.29) is 53.0 Å².